The Morgan fingerprint density at radius 1 is 0.485 bits per heavy atom. The largest absolute Gasteiger partial charge is 0.462 e. The monoisotopic (exact) mass is 937 g/mol. The Labute approximate surface area is 393 Å². The summed E-state index contributed by atoms with van der Waals surface area (Å²) < 4.78 is 33.5. The van der Waals surface area contributed by atoms with Crippen molar-refractivity contribution in [2.75, 3.05) is 26.4 Å². The Morgan fingerprint density at radius 3 is 1.42 bits per heavy atom. The van der Waals surface area contributed by atoms with Gasteiger partial charge in [0.1, 0.15) is 55.4 Å². The van der Waals surface area contributed by atoms with Gasteiger partial charge in [0.05, 0.1) is 19.8 Å². The highest BCUT2D eigenvalue weighted by molar-refractivity contribution is 5.70. The predicted octanol–water partition coefficient (Wildman–Crippen LogP) is 6.26. The maximum Gasteiger partial charge on any atom is 0.306 e. The number of hydrogen-bond acceptors (Lipinski definition) is 15. The minimum atomic E-state index is -1.77. The third-order valence-corrected chi connectivity index (χ3v) is 11.2. The number of aliphatic hydroxyl groups excluding tert-OH is 7. The molecule has 7 N–H and O–H groups in total. The number of aliphatic hydroxyl groups is 7. The van der Waals surface area contributed by atoms with Crippen LogP contribution in [0, 0.1) is 0 Å². The molecule has 0 unspecified atom stereocenters. The lowest BCUT2D eigenvalue weighted by molar-refractivity contribution is -0.332. The van der Waals surface area contributed by atoms with E-state index in [-0.39, 0.29) is 19.4 Å². The molecule has 0 aromatic rings. The quantitative estimate of drug-likeness (QED) is 0.0209. The highest BCUT2D eigenvalue weighted by atomic mass is 16.7. The van der Waals surface area contributed by atoms with Gasteiger partial charge in [0.25, 0.3) is 0 Å². The van der Waals surface area contributed by atoms with E-state index in [1.807, 2.05) is 0 Å². The van der Waals surface area contributed by atoms with Crippen molar-refractivity contribution in [2.24, 2.45) is 0 Å². The molecule has 0 spiro atoms. The van der Waals surface area contributed by atoms with Crippen LogP contribution in [0.4, 0.5) is 0 Å². The molecular formula is C51H84O15. The zero-order valence-electron chi connectivity index (χ0n) is 39.6. The number of carbonyl (C=O) groups excluding carboxylic acids is 2. The zero-order valence-corrected chi connectivity index (χ0v) is 39.6. The molecule has 15 nitrogen and oxygen atoms in total. The van der Waals surface area contributed by atoms with Gasteiger partial charge >= 0.3 is 11.9 Å². The van der Waals surface area contributed by atoms with Gasteiger partial charge < -0.3 is 64.2 Å². The van der Waals surface area contributed by atoms with E-state index < -0.39 is 99.3 Å². The summed E-state index contributed by atoms with van der Waals surface area (Å²) in [5.41, 5.74) is 0. The van der Waals surface area contributed by atoms with Crippen LogP contribution in [0.15, 0.2) is 72.9 Å². The molecule has 11 atom stereocenters. The van der Waals surface area contributed by atoms with Gasteiger partial charge in [-0.2, -0.15) is 0 Å². The molecule has 0 saturated carbocycles. The first-order chi connectivity index (χ1) is 32.0. The Kier molecular flexibility index (Phi) is 33.9. The smallest absolute Gasteiger partial charge is 0.306 e. The molecule has 2 aliphatic heterocycles. The molecule has 2 heterocycles. The van der Waals surface area contributed by atoms with Crippen molar-refractivity contribution < 1.29 is 73.8 Å². The SMILES string of the molecule is CCC=CCC=CCC=CCCCCCCCC(=O)OC[C@H](CO[C@@H]1O[C@H](CO[C@H]2O[C@H](CO)[C@H](O)[C@H](O)[C@H]2O)[C@H](O)[C@H](O)[C@H]1O)OC(=O)CCCCCCCC=CCC=CCC=CCC. The first-order valence-corrected chi connectivity index (χ1v) is 24.5. The predicted molar refractivity (Wildman–Crippen MR) is 252 cm³/mol. The Bertz CT molecular complexity index is 1430. The maximum atomic E-state index is 13.0. The molecule has 2 aliphatic rings. The second kappa shape index (κ2) is 37.9. The lowest BCUT2D eigenvalue weighted by Crippen LogP contribution is -2.61. The van der Waals surface area contributed by atoms with Gasteiger partial charge in [-0.15, -0.1) is 0 Å². The van der Waals surface area contributed by atoms with E-state index in [0.717, 1.165) is 103 Å². The fourth-order valence-electron chi connectivity index (χ4n) is 7.18. The molecule has 66 heavy (non-hydrogen) atoms. The van der Waals surface area contributed by atoms with Crippen LogP contribution in [0.3, 0.4) is 0 Å². The topological polar surface area (TPSA) is 231 Å². The molecule has 2 saturated heterocycles. The fraction of sp³-hybridized carbons (Fsp3) is 0.725. The summed E-state index contributed by atoms with van der Waals surface area (Å²) in [6, 6.07) is 0. The van der Waals surface area contributed by atoms with E-state index in [4.69, 9.17) is 28.4 Å². The van der Waals surface area contributed by atoms with Crippen LogP contribution in [0.25, 0.3) is 0 Å². The second-order valence-corrected chi connectivity index (χ2v) is 16.9. The van der Waals surface area contributed by atoms with E-state index in [1.165, 1.54) is 0 Å². The number of hydrogen-bond donors (Lipinski definition) is 7. The van der Waals surface area contributed by atoms with Gasteiger partial charge in [0.2, 0.25) is 0 Å². The average molecular weight is 937 g/mol. The summed E-state index contributed by atoms with van der Waals surface area (Å²) in [5.74, 6) is -0.973. The number of esters is 2. The van der Waals surface area contributed by atoms with E-state index in [9.17, 15) is 45.3 Å². The lowest BCUT2D eigenvalue weighted by atomic mass is 9.98. The number of unbranched alkanes of at least 4 members (excludes halogenated alkanes) is 10. The highest BCUT2D eigenvalue weighted by Gasteiger charge is 2.47. The van der Waals surface area contributed by atoms with E-state index in [0.29, 0.717) is 12.8 Å². The van der Waals surface area contributed by atoms with Crippen molar-refractivity contribution in [1.82, 2.24) is 0 Å². The van der Waals surface area contributed by atoms with Gasteiger partial charge in [-0.3, -0.25) is 9.59 Å². The maximum absolute atomic E-state index is 13.0. The summed E-state index contributed by atoms with van der Waals surface area (Å²) in [6.07, 6.45) is 26.5. The molecule has 2 rings (SSSR count). The third kappa shape index (κ3) is 25.9. The average Bonchev–Trinajstić information content (AvgIpc) is 3.31. The minimum Gasteiger partial charge on any atom is -0.462 e. The normalized spacial score (nSPS) is 26.8. The summed E-state index contributed by atoms with van der Waals surface area (Å²) in [5, 5.41) is 72.0. The fourth-order valence-corrected chi connectivity index (χ4v) is 7.18. The number of allylic oxidation sites excluding steroid dienone is 12. The van der Waals surface area contributed by atoms with Crippen LogP contribution in [0.1, 0.15) is 142 Å². The standard InChI is InChI=1S/C51H84O15/c1-3-5-7-9-11-13-15-17-19-21-23-25-27-29-31-33-42(53)61-36-39(64-43(54)34-32-30-28-26-24-22-20-18-16-14-12-10-8-6-4-2)37-62-50-49(60)47(58)45(56)41(66-50)38-63-51-48(59)46(57)44(55)40(35-52)65-51/h5-8,11-14,17-20,39-41,44-52,55-60H,3-4,9-10,15-16,21-38H2,1-2H3/t39-,40-,41-,44+,45+,46+,47+,48-,49-,50-,51+/m1/s1. The molecule has 0 aromatic heterocycles. The number of rotatable bonds is 36. The van der Waals surface area contributed by atoms with Gasteiger partial charge in [0.15, 0.2) is 18.7 Å². The van der Waals surface area contributed by atoms with Crippen molar-refractivity contribution in [1.29, 1.82) is 0 Å². The second-order valence-electron chi connectivity index (χ2n) is 16.9. The van der Waals surface area contributed by atoms with Crippen molar-refractivity contribution in [3.8, 4) is 0 Å². The van der Waals surface area contributed by atoms with Crippen LogP contribution in [-0.4, -0.2) is 142 Å². The van der Waals surface area contributed by atoms with Crippen LogP contribution in [-0.2, 0) is 38.0 Å². The molecule has 0 amide bonds. The van der Waals surface area contributed by atoms with E-state index in [2.05, 4.69) is 86.8 Å². The van der Waals surface area contributed by atoms with E-state index >= 15 is 0 Å². The van der Waals surface area contributed by atoms with Gasteiger partial charge in [-0.05, 0) is 77.0 Å². The first kappa shape index (κ1) is 59.1. The van der Waals surface area contributed by atoms with Crippen LogP contribution in [0.2, 0.25) is 0 Å². The Balaban J connectivity index is 1.84. The van der Waals surface area contributed by atoms with Crippen LogP contribution >= 0.6 is 0 Å². The molecule has 2 fully saturated rings. The van der Waals surface area contributed by atoms with Crippen LogP contribution in [0.5, 0.6) is 0 Å². The molecule has 0 aliphatic carbocycles. The Morgan fingerprint density at radius 2 is 0.909 bits per heavy atom. The third-order valence-electron chi connectivity index (χ3n) is 11.2. The molecule has 378 valence electrons. The molecular weight excluding hydrogens is 853 g/mol. The lowest BCUT2D eigenvalue weighted by Gasteiger charge is -2.42. The summed E-state index contributed by atoms with van der Waals surface area (Å²) in [7, 11) is 0. The summed E-state index contributed by atoms with van der Waals surface area (Å²) in [6.45, 7) is 2.30. The van der Waals surface area contributed by atoms with Gasteiger partial charge in [0, 0.05) is 12.8 Å². The minimum absolute atomic E-state index is 0.138. The summed E-state index contributed by atoms with van der Waals surface area (Å²) >= 11 is 0. The van der Waals surface area contributed by atoms with Crippen molar-refractivity contribution in [3.05, 3.63) is 72.9 Å². The van der Waals surface area contributed by atoms with Crippen molar-refractivity contribution >= 4 is 11.9 Å². The molecule has 0 aromatic carbocycles. The molecule has 0 radical (unpaired) electrons. The van der Waals surface area contributed by atoms with Gasteiger partial charge in [-0.1, -0.05) is 125 Å². The van der Waals surface area contributed by atoms with E-state index in [1.54, 1.807) is 0 Å². The van der Waals surface area contributed by atoms with Crippen molar-refractivity contribution in [2.45, 2.75) is 210 Å². The van der Waals surface area contributed by atoms with Gasteiger partial charge in [-0.25, -0.2) is 0 Å². The summed E-state index contributed by atoms with van der Waals surface area (Å²) in [4.78, 5) is 25.7. The molecule has 15 heteroatoms. The van der Waals surface area contributed by atoms with Crippen LogP contribution < -0.4 is 0 Å². The molecule has 0 bridgehead atoms. The number of ether oxygens (including phenoxy) is 6. The highest BCUT2D eigenvalue weighted by Crippen LogP contribution is 2.26. The first-order valence-electron chi connectivity index (χ1n) is 24.5. The van der Waals surface area contributed by atoms with Crippen molar-refractivity contribution in [3.63, 3.8) is 0 Å². The zero-order chi connectivity index (χ0) is 48.2. The number of carbonyl (C=O) groups is 2. The Hall–Kier alpha value is -3.06.